The predicted octanol–water partition coefficient (Wildman–Crippen LogP) is 2.64. The summed E-state index contributed by atoms with van der Waals surface area (Å²) in [5, 5.41) is 21.3. The lowest BCUT2D eigenvalue weighted by Crippen LogP contribution is -2.14. The standard InChI is InChI=1S/C14H9ClN4O2/c15-8-1-2-11-10(7-8)13(20)12(19-18-11)14(21)17-9-3-5-16-6-4-9/h1-7H,(H,18,20)(H,16,17,21). The number of aromatic hydroxyl groups is 1. The van der Waals surface area contributed by atoms with Gasteiger partial charge in [-0.25, -0.2) is 0 Å². The fourth-order valence-electron chi connectivity index (χ4n) is 1.84. The zero-order valence-electron chi connectivity index (χ0n) is 10.6. The zero-order chi connectivity index (χ0) is 14.8. The molecule has 6 nitrogen and oxygen atoms in total. The lowest BCUT2D eigenvalue weighted by molar-refractivity contribution is 0.101. The van der Waals surface area contributed by atoms with Crippen LogP contribution < -0.4 is 5.32 Å². The quantitative estimate of drug-likeness (QED) is 0.759. The van der Waals surface area contributed by atoms with Crippen molar-refractivity contribution in [2.75, 3.05) is 5.32 Å². The van der Waals surface area contributed by atoms with Gasteiger partial charge >= 0.3 is 0 Å². The Morgan fingerprint density at radius 3 is 2.67 bits per heavy atom. The second-order valence-electron chi connectivity index (χ2n) is 4.25. The highest BCUT2D eigenvalue weighted by molar-refractivity contribution is 6.31. The molecule has 0 spiro atoms. The van der Waals surface area contributed by atoms with E-state index in [1.807, 2.05) is 0 Å². The third kappa shape index (κ3) is 2.61. The van der Waals surface area contributed by atoms with Crippen molar-refractivity contribution >= 4 is 34.1 Å². The molecule has 0 saturated carbocycles. The molecule has 0 bridgehead atoms. The lowest BCUT2D eigenvalue weighted by atomic mass is 10.2. The third-order valence-corrected chi connectivity index (χ3v) is 3.08. The van der Waals surface area contributed by atoms with Crippen LogP contribution in [0.4, 0.5) is 5.69 Å². The number of rotatable bonds is 2. The molecule has 7 heteroatoms. The predicted molar refractivity (Wildman–Crippen MR) is 78.4 cm³/mol. The highest BCUT2D eigenvalue weighted by Gasteiger charge is 2.17. The molecule has 104 valence electrons. The summed E-state index contributed by atoms with van der Waals surface area (Å²) in [6.07, 6.45) is 3.09. The number of carbonyl (C=O) groups excluding carboxylic acids is 1. The molecule has 0 aliphatic rings. The van der Waals surface area contributed by atoms with Gasteiger partial charge in [0.05, 0.1) is 5.52 Å². The van der Waals surface area contributed by atoms with Crippen molar-refractivity contribution in [1.82, 2.24) is 15.2 Å². The van der Waals surface area contributed by atoms with Crippen LogP contribution in [0.5, 0.6) is 5.75 Å². The van der Waals surface area contributed by atoms with Crippen molar-refractivity contribution in [1.29, 1.82) is 0 Å². The maximum absolute atomic E-state index is 12.1. The van der Waals surface area contributed by atoms with E-state index in [0.29, 0.717) is 21.6 Å². The molecule has 0 radical (unpaired) electrons. The van der Waals surface area contributed by atoms with Gasteiger partial charge in [-0.15, -0.1) is 10.2 Å². The van der Waals surface area contributed by atoms with Gasteiger partial charge < -0.3 is 10.4 Å². The fourth-order valence-corrected chi connectivity index (χ4v) is 2.01. The normalized spacial score (nSPS) is 10.5. The summed E-state index contributed by atoms with van der Waals surface area (Å²) in [5.41, 5.74) is 0.835. The lowest BCUT2D eigenvalue weighted by Gasteiger charge is -2.07. The van der Waals surface area contributed by atoms with Crippen LogP contribution >= 0.6 is 11.6 Å². The molecule has 0 fully saturated rings. The number of halogens is 1. The molecule has 2 N–H and O–H groups in total. The number of nitrogens with one attached hydrogen (secondary N) is 1. The molecule has 3 aromatic rings. The number of hydrogen-bond acceptors (Lipinski definition) is 5. The number of amides is 1. The van der Waals surface area contributed by atoms with Gasteiger partial charge in [0.25, 0.3) is 5.91 Å². The Kier molecular flexibility index (Phi) is 3.37. The SMILES string of the molecule is O=C(Nc1ccncc1)c1nnc2ccc(Cl)cc2c1O. The van der Waals surface area contributed by atoms with Crippen LogP contribution in [0.2, 0.25) is 5.02 Å². The molecule has 2 heterocycles. The van der Waals surface area contributed by atoms with E-state index >= 15 is 0 Å². The maximum atomic E-state index is 12.1. The number of fused-ring (bicyclic) bond motifs is 1. The van der Waals surface area contributed by atoms with Gasteiger partial charge in [-0.2, -0.15) is 0 Å². The second kappa shape index (κ2) is 5.34. The summed E-state index contributed by atoms with van der Waals surface area (Å²) in [6.45, 7) is 0. The average molecular weight is 301 g/mol. The van der Waals surface area contributed by atoms with E-state index in [2.05, 4.69) is 20.5 Å². The van der Waals surface area contributed by atoms with E-state index in [-0.39, 0.29) is 11.4 Å². The van der Waals surface area contributed by atoms with E-state index < -0.39 is 5.91 Å². The molecule has 21 heavy (non-hydrogen) atoms. The third-order valence-electron chi connectivity index (χ3n) is 2.85. The van der Waals surface area contributed by atoms with Crippen LogP contribution in [0.3, 0.4) is 0 Å². The average Bonchev–Trinajstić information content (AvgIpc) is 2.49. The number of carbonyl (C=O) groups is 1. The second-order valence-corrected chi connectivity index (χ2v) is 4.69. The van der Waals surface area contributed by atoms with Crippen LogP contribution in [-0.2, 0) is 0 Å². The van der Waals surface area contributed by atoms with Gasteiger partial charge in [0.1, 0.15) is 0 Å². The number of hydrogen-bond donors (Lipinski definition) is 2. The van der Waals surface area contributed by atoms with Crippen molar-refractivity contribution in [2.24, 2.45) is 0 Å². The zero-order valence-corrected chi connectivity index (χ0v) is 11.4. The van der Waals surface area contributed by atoms with Crippen molar-refractivity contribution in [2.45, 2.75) is 0 Å². The van der Waals surface area contributed by atoms with Crippen LogP contribution in [0.15, 0.2) is 42.7 Å². The minimum absolute atomic E-state index is 0.165. The fraction of sp³-hybridized carbons (Fsp3) is 0. The summed E-state index contributed by atoms with van der Waals surface area (Å²) in [5.74, 6) is -0.817. The van der Waals surface area contributed by atoms with Gasteiger partial charge in [0, 0.05) is 28.5 Å². The van der Waals surface area contributed by atoms with Crippen LogP contribution in [0, 0.1) is 0 Å². The van der Waals surface area contributed by atoms with Crippen molar-refractivity contribution in [3.05, 3.63) is 53.4 Å². The van der Waals surface area contributed by atoms with E-state index in [1.54, 1.807) is 36.7 Å². The Bertz CT molecular complexity index is 824. The van der Waals surface area contributed by atoms with Crippen molar-refractivity contribution in [3.8, 4) is 5.75 Å². The molecular weight excluding hydrogens is 292 g/mol. The van der Waals surface area contributed by atoms with Gasteiger partial charge in [-0.1, -0.05) is 11.6 Å². The maximum Gasteiger partial charge on any atom is 0.280 e. The number of aromatic nitrogens is 3. The van der Waals surface area contributed by atoms with Gasteiger partial charge in [-0.3, -0.25) is 9.78 Å². The summed E-state index contributed by atoms with van der Waals surface area (Å²) >= 11 is 5.89. The highest BCUT2D eigenvalue weighted by Crippen LogP contribution is 2.28. The monoisotopic (exact) mass is 300 g/mol. The number of benzene rings is 1. The first kappa shape index (κ1) is 13.3. The Hall–Kier alpha value is -2.73. The molecule has 0 unspecified atom stereocenters. The van der Waals surface area contributed by atoms with E-state index in [1.165, 1.54) is 6.07 Å². The molecule has 2 aromatic heterocycles. The minimum atomic E-state index is -0.562. The first-order valence-corrected chi connectivity index (χ1v) is 6.39. The summed E-state index contributed by atoms with van der Waals surface area (Å²) in [4.78, 5) is 16.0. The first-order valence-electron chi connectivity index (χ1n) is 6.01. The van der Waals surface area contributed by atoms with Crippen LogP contribution in [-0.4, -0.2) is 26.2 Å². The topological polar surface area (TPSA) is 88.0 Å². The Morgan fingerprint density at radius 1 is 1.14 bits per heavy atom. The molecule has 0 saturated heterocycles. The molecule has 0 atom stereocenters. The van der Waals surface area contributed by atoms with Crippen molar-refractivity contribution < 1.29 is 9.90 Å². The van der Waals surface area contributed by atoms with Crippen LogP contribution in [0.25, 0.3) is 10.9 Å². The van der Waals surface area contributed by atoms with E-state index in [0.717, 1.165) is 0 Å². The van der Waals surface area contributed by atoms with E-state index in [4.69, 9.17) is 11.6 Å². The summed E-state index contributed by atoms with van der Waals surface area (Å²) in [6, 6.07) is 8.04. The van der Waals surface area contributed by atoms with Crippen molar-refractivity contribution in [3.63, 3.8) is 0 Å². The van der Waals surface area contributed by atoms with Gasteiger partial charge in [0.2, 0.25) is 0 Å². The van der Waals surface area contributed by atoms with Gasteiger partial charge in [-0.05, 0) is 30.3 Å². The Morgan fingerprint density at radius 2 is 1.90 bits per heavy atom. The number of anilines is 1. The Labute approximate surface area is 124 Å². The number of nitrogens with zero attached hydrogens (tertiary/aromatic N) is 3. The largest absolute Gasteiger partial charge is 0.505 e. The molecule has 3 rings (SSSR count). The highest BCUT2D eigenvalue weighted by atomic mass is 35.5. The minimum Gasteiger partial charge on any atom is -0.505 e. The van der Waals surface area contributed by atoms with Gasteiger partial charge in [0.15, 0.2) is 11.4 Å². The Balaban J connectivity index is 2.00. The number of pyridine rings is 1. The first-order chi connectivity index (χ1) is 10.1. The molecule has 1 amide bonds. The van der Waals surface area contributed by atoms with Crippen LogP contribution in [0.1, 0.15) is 10.5 Å². The molecule has 1 aromatic carbocycles. The summed E-state index contributed by atoms with van der Waals surface area (Å²) in [7, 11) is 0. The summed E-state index contributed by atoms with van der Waals surface area (Å²) < 4.78 is 0. The van der Waals surface area contributed by atoms with E-state index in [9.17, 15) is 9.90 Å². The molecule has 0 aliphatic carbocycles. The molecular formula is C14H9ClN4O2. The molecule has 0 aliphatic heterocycles. The smallest absolute Gasteiger partial charge is 0.280 e.